The van der Waals surface area contributed by atoms with Gasteiger partial charge in [0.2, 0.25) is 5.91 Å². The number of rotatable bonds is 7. The molecule has 0 aromatic carbocycles. The van der Waals surface area contributed by atoms with Gasteiger partial charge in [-0.05, 0) is 32.0 Å². The lowest BCUT2D eigenvalue weighted by atomic mass is 9.96. The van der Waals surface area contributed by atoms with Crippen molar-refractivity contribution in [3.63, 3.8) is 0 Å². The molecule has 23 heavy (non-hydrogen) atoms. The predicted molar refractivity (Wildman–Crippen MR) is 88.1 cm³/mol. The molecule has 0 bridgehead atoms. The normalized spacial score (nSPS) is 18.2. The van der Waals surface area contributed by atoms with Crippen LogP contribution in [0.4, 0.5) is 0 Å². The highest BCUT2D eigenvalue weighted by Crippen LogP contribution is 2.19. The van der Waals surface area contributed by atoms with E-state index < -0.39 is 0 Å². The molecule has 1 N–H and O–H groups in total. The number of likely N-dealkylation sites (tertiary alicyclic amines) is 1. The second-order valence-corrected chi connectivity index (χ2v) is 5.92. The van der Waals surface area contributed by atoms with Gasteiger partial charge < -0.3 is 19.5 Å². The molecule has 0 aliphatic carbocycles. The largest absolute Gasteiger partial charge is 0.472 e. The average molecular weight is 321 g/mol. The van der Waals surface area contributed by atoms with E-state index in [-0.39, 0.29) is 17.7 Å². The molecule has 0 radical (unpaired) electrons. The van der Waals surface area contributed by atoms with E-state index in [2.05, 4.69) is 24.1 Å². The van der Waals surface area contributed by atoms with Crippen LogP contribution in [0.15, 0.2) is 23.0 Å². The Labute approximate surface area is 137 Å². The Kier molecular flexibility index (Phi) is 6.65. The quantitative estimate of drug-likeness (QED) is 0.828. The number of likely N-dealkylation sites (N-methyl/N-ethyl adjacent to an activating group) is 1. The van der Waals surface area contributed by atoms with Crippen LogP contribution in [0.3, 0.4) is 0 Å². The molecule has 128 valence electrons. The molecular formula is C17H27N3O3. The van der Waals surface area contributed by atoms with Gasteiger partial charge in [-0.15, -0.1) is 0 Å². The van der Waals surface area contributed by atoms with Crippen LogP contribution in [0.2, 0.25) is 0 Å². The number of carbonyl (C=O) groups is 2. The van der Waals surface area contributed by atoms with E-state index in [1.54, 1.807) is 11.0 Å². The van der Waals surface area contributed by atoms with E-state index >= 15 is 0 Å². The van der Waals surface area contributed by atoms with Crippen molar-refractivity contribution in [3.8, 4) is 0 Å². The summed E-state index contributed by atoms with van der Waals surface area (Å²) in [5.74, 6) is -0.113. The molecule has 1 aliphatic rings. The minimum Gasteiger partial charge on any atom is -0.472 e. The maximum atomic E-state index is 12.3. The summed E-state index contributed by atoms with van der Waals surface area (Å²) in [7, 11) is 0. The molecule has 0 spiro atoms. The summed E-state index contributed by atoms with van der Waals surface area (Å²) >= 11 is 0. The standard InChI is InChI=1S/C17H27N3O3/c1-3-19(4-2)10-8-18-16(21)14-6-5-9-20(12-14)17(22)15-7-11-23-13-15/h7,11,13-14H,3-6,8-10,12H2,1-2H3,(H,18,21)/t14-/m1/s1. The van der Waals surface area contributed by atoms with E-state index in [0.717, 1.165) is 32.5 Å². The van der Waals surface area contributed by atoms with Crippen LogP contribution in [0.5, 0.6) is 0 Å². The minimum absolute atomic E-state index is 0.0561. The van der Waals surface area contributed by atoms with Gasteiger partial charge in [0.25, 0.3) is 5.91 Å². The summed E-state index contributed by atoms with van der Waals surface area (Å²) in [4.78, 5) is 28.7. The third kappa shape index (κ3) is 4.82. The molecule has 2 rings (SSSR count). The van der Waals surface area contributed by atoms with Gasteiger partial charge in [0.05, 0.1) is 17.7 Å². The highest BCUT2D eigenvalue weighted by molar-refractivity contribution is 5.94. The van der Waals surface area contributed by atoms with E-state index in [0.29, 0.717) is 25.2 Å². The maximum absolute atomic E-state index is 12.3. The Bertz CT molecular complexity index is 497. The number of nitrogens with one attached hydrogen (secondary N) is 1. The van der Waals surface area contributed by atoms with Crippen molar-refractivity contribution in [2.75, 3.05) is 39.3 Å². The zero-order valence-electron chi connectivity index (χ0n) is 14.1. The lowest BCUT2D eigenvalue weighted by molar-refractivity contribution is -0.126. The summed E-state index contributed by atoms with van der Waals surface area (Å²) in [5, 5.41) is 3.01. The summed E-state index contributed by atoms with van der Waals surface area (Å²) in [5.41, 5.74) is 0.549. The maximum Gasteiger partial charge on any atom is 0.257 e. The topological polar surface area (TPSA) is 65.8 Å². The summed E-state index contributed by atoms with van der Waals surface area (Å²) in [6.07, 6.45) is 4.65. The number of hydrogen-bond donors (Lipinski definition) is 1. The van der Waals surface area contributed by atoms with Crippen molar-refractivity contribution < 1.29 is 14.0 Å². The number of nitrogens with zero attached hydrogens (tertiary/aromatic N) is 2. The Hall–Kier alpha value is -1.82. The van der Waals surface area contributed by atoms with Crippen LogP contribution < -0.4 is 5.32 Å². The molecule has 1 aromatic rings. The first-order valence-corrected chi connectivity index (χ1v) is 8.47. The van der Waals surface area contributed by atoms with Crippen molar-refractivity contribution in [3.05, 3.63) is 24.2 Å². The van der Waals surface area contributed by atoms with Crippen LogP contribution >= 0.6 is 0 Å². The Balaban J connectivity index is 1.81. The van der Waals surface area contributed by atoms with Gasteiger partial charge in [-0.25, -0.2) is 0 Å². The fourth-order valence-corrected chi connectivity index (χ4v) is 2.97. The van der Waals surface area contributed by atoms with Gasteiger partial charge in [-0.3, -0.25) is 9.59 Å². The summed E-state index contributed by atoms with van der Waals surface area (Å²) in [6.45, 7) is 8.92. The lowest BCUT2D eigenvalue weighted by Gasteiger charge is -2.32. The molecule has 0 unspecified atom stereocenters. The lowest BCUT2D eigenvalue weighted by Crippen LogP contribution is -2.46. The van der Waals surface area contributed by atoms with Gasteiger partial charge in [0.1, 0.15) is 6.26 Å². The van der Waals surface area contributed by atoms with Gasteiger partial charge in [0.15, 0.2) is 0 Å². The first-order chi connectivity index (χ1) is 11.2. The van der Waals surface area contributed by atoms with Crippen LogP contribution in [0.1, 0.15) is 37.0 Å². The Morgan fingerprint density at radius 2 is 2.17 bits per heavy atom. The fraction of sp³-hybridized carbons (Fsp3) is 0.647. The zero-order valence-corrected chi connectivity index (χ0v) is 14.1. The molecule has 6 heteroatoms. The molecule has 6 nitrogen and oxygen atoms in total. The van der Waals surface area contributed by atoms with E-state index in [1.165, 1.54) is 12.5 Å². The predicted octanol–water partition coefficient (Wildman–Crippen LogP) is 1.59. The molecule has 1 fully saturated rings. The monoisotopic (exact) mass is 321 g/mol. The smallest absolute Gasteiger partial charge is 0.257 e. The van der Waals surface area contributed by atoms with Crippen molar-refractivity contribution in [1.29, 1.82) is 0 Å². The van der Waals surface area contributed by atoms with Gasteiger partial charge in [-0.1, -0.05) is 13.8 Å². The third-order valence-corrected chi connectivity index (χ3v) is 4.47. The summed E-state index contributed by atoms with van der Waals surface area (Å²) in [6, 6.07) is 1.66. The molecule has 1 saturated heterocycles. The fourth-order valence-electron chi connectivity index (χ4n) is 2.97. The van der Waals surface area contributed by atoms with Crippen molar-refractivity contribution in [1.82, 2.24) is 15.1 Å². The molecule has 1 atom stereocenters. The number of piperidine rings is 1. The highest BCUT2D eigenvalue weighted by atomic mass is 16.3. The Morgan fingerprint density at radius 3 is 2.83 bits per heavy atom. The zero-order chi connectivity index (χ0) is 16.7. The number of carbonyl (C=O) groups excluding carboxylic acids is 2. The second kappa shape index (κ2) is 8.72. The van der Waals surface area contributed by atoms with E-state index in [9.17, 15) is 9.59 Å². The second-order valence-electron chi connectivity index (χ2n) is 5.92. The van der Waals surface area contributed by atoms with Crippen molar-refractivity contribution in [2.45, 2.75) is 26.7 Å². The minimum atomic E-state index is -0.115. The molecular weight excluding hydrogens is 294 g/mol. The number of hydrogen-bond acceptors (Lipinski definition) is 4. The number of furan rings is 1. The highest BCUT2D eigenvalue weighted by Gasteiger charge is 2.29. The first kappa shape index (κ1) is 17.5. The molecule has 1 aromatic heterocycles. The van der Waals surface area contributed by atoms with Crippen LogP contribution in [-0.4, -0.2) is 60.9 Å². The van der Waals surface area contributed by atoms with E-state index in [1.807, 2.05) is 0 Å². The van der Waals surface area contributed by atoms with Crippen LogP contribution in [0, 0.1) is 5.92 Å². The average Bonchev–Trinajstić information content (AvgIpc) is 3.12. The molecule has 1 aliphatic heterocycles. The van der Waals surface area contributed by atoms with Crippen molar-refractivity contribution >= 4 is 11.8 Å². The third-order valence-electron chi connectivity index (χ3n) is 4.47. The van der Waals surface area contributed by atoms with Gasteiger partial charge in [-0.2, -0.15) is 0 Å². The summed E-state index contributed by atoms with van der Waals surface area (Å²) < 4.78 is 4.97. The van der Waals surface area contributed by atoms with Gasteiger partial charge in [0, 0.05) is 26.2 Å². The first-order valence-electron chi connectivity index (χ1n) is 8.47. The van der Waals surface area contributed by atoms with Crippen molar-refractivity contribution in [2.24, 2.45) is 5.92 Å². The van der Waals surface area contributed by atoms with Crippen LogP contribution in [0.25, 0.3) is 0 Å². The van der Waals surface area contributed by atoms with Gasteiger partial charge >= 0.3 is 0 Å². The number of amides is 2. The molecule has 0 saturated carbocycles. The molecule has 2 heterocycles. The molecule has 2 amide bonds. The van der Waals surface area contributed by atoms with Crippen LogP contribution in [-0.2, 0) is 4.79 Å². The SMILES string of the molecule is CCN(CC)CCNC(=O)[C@@H]1CCCN(C(=O)c2ccoc2)C1. The van der Waals surface area contributed by atoms with E-state index in [4.69, 9.17) is 4.42 Å². The Morgan fingerprint density at radius 1 is 1.39 bits per heavy atom.